The summed E-state index contributed by atoms with van der Waals surface area (Å²) in [4.78, 5) is 41.4. The maximum Gasteiger partial charge on any atom is 0.351 e. The van der Waals surface area contributed by atoms with E-state index in [4.69, 9.17) is 4.74 Å². The predicted octanol–water partition coefficient (Wildman–Crippen LogP) is 1.07. The van der Waals surface area contributed by atoms with Crippen LogP contribution in [0.2, 0.25) is 0 Å². The second-order valence-electron chi connectivity index (χ2n) is 9.38. The molecular formula is C24H40N4O7. The van der Waals surface area contributed by atoms with E-state index in [1.165, 1.54) is 37.9 Å². The second kappa shape index (κ2) is 14.3. The van der Waals surface area contributed by atoms with Gasteiger partial charge in [0.2, 0.25) is 11.8 Å². The molecule has 5 N–H and O–H groups in total. The zero-order valence-electron chi connectivity index (χ0n) is 20.9. The molecule has 2 rings (SSSR count). The first kappa shape index (κ1) is 28.9. The van der Waals surface area contributed by atoms with Gasteiger partial charge in [-0.3, -0.25) is 14.2 Å². The number of unbranched alkanes of at least 4 members (excludes halogenated alkanes) is 6. The van der Waals surface area contributed by atoms with Gasteiger partial charge in [-0.05, 0) is 18.4 Å². The Morgan fingerprint density at radius 2 is 1.77 bits per heavy atom. The average molecular weight is 497 g/mol. The summed E-state index contributed by atoms with van der Waals surface area (Å²) < 4.78 is 6.31. The first-order valence-corrected chi connectivity index (χ1v) is 12.5. The van der Waals surface area contributed by atoms with Crippen LogP contribution in [0.3, 0.4) is 0 Å². The Kier molecular flexibility index (Phi) is 11.8. The van der Waals surface area contributed by atoms with Gasteiger partial charge in [0.1, 0.15) is 30.2 Å². The molecule has 0 aliphatic carbocycles. The lowest BCUT2D eigenvalue weighted by Crippen LogP contribution is -2.47. The van der Waals surface area contributed by atoms with E-state index >= 15 is 0 Å². The molecule has 5 atom stereocenters. The number of amides is 2. The van der Waals surface area contributed by atoms with Gasteiger partial charge in [0.15, 0.2) is 6.23 Å². The molecule has 35 heavy (non-hydrogen) atoms. The molecule has 0 unspecified atom stereocenters. The molecule has 1 aliphatic rings. The molecule has 11 heteroatoms. The first-order chi connectivity index (χ1) is 16.7. The highest BCUT2D eigenvalue weighted by Crippen LogP contribution is 2.28. The lowest BCUT2D eigenvalue weighted by Gasteiger charge is -2.22. The van der Waals surface area contributed by atoms with Crippen molar-refractivity contribution in [3.63, 3.8) is 0 Å². The number of anilines is 1. The van der Waals surface area contributed by atoms with Crippen LogP contribution in [-0.2, 0) is 14.3 Å². The van der Waals surface area contributed by atoms with Crippen molar-refractivity contribution in [2.75, 3.05) is 11.9 Å². The van der Waals surface area contributed by atoms with Crippen LogP contribution >= 0.6 is 0 Å². The minimum absolute atomic E-state index is 0.0185. The molecule has 2 amide bonds. The van der Waals surface area contributed by atoms with Crippen molar-refractivity contribution < 1.29 is 29.6 Å². The third-order valence-electron chi connectivity index (χ3n) is 6.15. The Hall–Kier alpha value is -2.34. The van der Waals surface area contributed by atoms with Crippen LogP contribution in [0.25, 0.3) is 0 Å². The van der Waals surface area contributed by atoms with Crippen LogP contribution < -0.4 is 16.3 Å². The highest BCUT2D eigenvalue weighted by atomic mass is 16.6. The quantitative estimate of drug-likeness (QED) is 0.239. The van der Waals surface area contributed by atoms with Gasteiger partial charge < -0.3 is 30.7 Å². The van der Waals surface area contributed by atoms with Crippen molar-refractivity contribution in [3.05, 3.63) is 22.7 Å². The van der Waals surface area contributed by atoms with E-state index in [0.29, 0.717) is 6.42 Å². The summed E-state index contributed by atoms with van der Waals surface area (Å²) in [5, 5.41) is 34.5. The fourth-order valence-electron chi connectivity index (χ4n) is 4.01. The number of aliphatic hydroxyl groups excluding tert-OH is 3. The molecule has 0 aromatic carbocycles. The molecular weight excluding hydrogens is 456 g/mol. The molecule has 0 radical (unpaired) electrons. The predicted molar refractivity (Wildman–Crippen MR) is 130 cm³/mol. The largest absolute Gasteiger partial charge is 0.394 e. The number of carbonyl (C=O) groups excluding carboxylic acids is 2. The van der Waals surface area contributed by atoms with E-state index in [0.717, 1.165) is 23.8 Å². The summed E-state index contributed by atoms with van der Waals surface area (Å²) in [5.41, 5.74) is -0.818. The standard InChI is InChI=1S/C24H40N4O7/c1-4-5-6-7-8-9-10-11-18(30)27-19(15(2)3)22(33)25-17-12-13-28(24(34)26-17)23-21(32)20(31)16(14-29)35-23/h12-13,15-16,19-21,23,29,31-32H,4-11,14H2,1-3H3,(H,27,30)(H,25,26,33,34)/t16-,19-,20-,21+,23-/m0/s1. The van der Waals surface area contributed by atoms with Crippen LogP contribution in [0, 0.1) is 5.92 Å². The lowest BCUT2D eigenvalue weighted by atomic mass is 10.0. The zero-order chi connectivity index (χ0) is 26.0. The number of aliphatic hydroxyl groups is 3. The molecule has 1 saturated heterocycles. The molecule has 1 aliphatic heterocycles. The van der Waals surface area contributed by atoms with Crippen molar-refractivity contribution in [3.8, 4) is 0 Å². The molecule has 1 aromatic heterocycles. The minimum atomic E-state index is -1.43. The summed E-state index contributed by atoms with van der Waals surface area (Å²) >= 11 is 0. The third-order valence-corrected chi connectivity index (χ3v) is 6.15. The minimum Gasteiger partial charge on any atom is -0.394 e. The van der Waals surface area contributed by atoms with E-state index in [-0.39, 0.29) is 17.6 Å². The van der Waals surface area contributed by atoms with Crippen LogP contribution in [0.4, 0.5) is 5.82 Å². The molecule has 1 aromatic rings. The van der Waals surface area contributed by atoms with Crippen LogP contribution in [0.1, 0.15) is 78.4 Å². The van der Waals surface area contributed by atoms with Gasteiger partial charge in [0.25, 0.3) is 0 Å². The average Bonchev–Trinajstić information content (AvgIpc) is 3.10. The van der Waals surface area contributed by atoms with Gasteiger partial charge in [0, 0.05) is 12.6 Å². The Morgan fingerprint density at radius 3 is 2.34 bits per heavy atom. The van der Waals surface area contributed by atoms with Crippen molar-refractivity contribution in [1.82, 2.24) is 14.9 Å². The van der Waals surface area contributed by atoms with Crippen molar-refractivity contribution in [2.45, 2.75) is 103 Å². The molecule has 2 heterocycles. The number of hydrogen-bond acceptors (Lipinski definition) is 8. The number of rotatable bonds is 14. The summed E-state index contributed by atoms with van der Waals surface area (Å²) in [6.45, 7) is 5.27. The number of aromatic nitrogens is 2. The van der Waals surface area contributed by atoms with Crippen LogP contribution in [0.15, 0.2) is 17.1 Å². The van der Waals surface area contributed by atoms with E-state index in [2.05, 4.69) is 22.5 Å². The molecule has 0 spiro atoms. The number of ether oxygens (including phenoxy) is 1. The van der Waals surface area contributed by atoms with Crippen molar-refractivity contribution >= 4 is 17.6 Å². The number of nitrogens with one attached hydrogen (secondary N) is 2. The Morgan fingerprint density at radius 1 is 1.11 bits per heavy atom. The van der Waals surface area contributed by atoms with E-state index in [9.17, 15) is 29.7 Å². The fraction of sp³-hybridized carbons (Fsp3) is 0.750. The Bertz CT molecular complexity index is 876. The van der Waals surface area contributed by atoms with Gasteiger partial charge >= 0.3 is 5.69 Å². The van der Waals surface area contributed by atoms with Gasteiger partial charge in [-0.1, -0.05) is 59.3 Å². The molecule has 198 valence electrons. The van der Waals surface area contributed by atoms with Gasteiger partial charge in [-0.15, -0.1) is 0 Å². The van der Waals surface area contributed by atoms with E-state index in [1.807, 2.05) is 13.8 Å². The zero-order valence-corrected chi connectivity index (χ0v) is 20.9. The normalized spacial score (nSPS) is 22.8. The Balaban J connectivity index is 1.91. The monoisotopic (exact) mass is 496 g/mol. The molecule has 11 nitrogen and oxygen atoms in total. The number of carbonyl (C=O) groups is 2. The smallest absolute Gasteiger partial charge is 0.351 e. The highest BCUT2D eigenvalue weighted by molar-refractivity contribution is 5.96. The Labute approximate surface area is 205 Å². The summed E-state index contributed by atoms with van der Waals surface area (Å²) in [6.07, 6.45) is 4.26. The first-order valence-electron chi connectivity index (χ1n) is 12.5. The maximum absolute atomic E-state index is 12.8. The number of hydrogen-bond donors (Lipinski definition) is 5. The molecule has 0 bridgehead atoms. The summed E-state index contributed by atoms with van der Waals surface area (Å²) in [7, 11) is 0. The van der Waals surface area contributed by atoms with Crippen molar-refractivity contribution in [2.24, 2.45) is 5.92 Å². The summed E-state index contributed by atoms with van der Waals surface area (Å²) in [6, 6.07) is 0.558. The maximum atomic E-state index is 12.8. The SMILES string of the molecule is CCCCCCCCCC(=O)N[C@H](C(=O)Nc1ccn([C@H]2O[C@@H](CO)[C@H](O)[C@H]2O)c(=O)n1)C(C)C. The van der Waals surface area contributed by atoms with Gasteiger partial charge in [-0.2, -0.15) is 4.98 Å². The van der Waals surface area contributed by atoms with Crippen LogP contribution in [-0.4, -0.2) is 67.6 Å². The van der Waals surface area contributed by atoms with E-state index < -0.39 is 48.8 Å². The fourth-order valence-corrected chi connectivity index (χ4v) is 4.01. The molecule has 1 fully saturated rings. The highest BCUT2D eigenvalue weighted by Gasteiger charge is 2.43. The van der Waals surface area contributed by atoms with Crippen LogP contribution in [0.5, 0.6) is 0 Å². The van der Waals surface area contributed by atoms with Gasteiger partial charge in [0.05, 0.1) is 6.61 Å². The van der Waals surface area contributed by atoms with Crippen molar-refractivity contribution in [1.29, 1.82) is 0 Å². The topological polar surface area (TPSA) is 163 Å². The second-order valence-corrected chi connectivity index (χ2v) is 9.38. The lowest BCUT2D eigenvalue weighted by molar-refractivity contribution is -0.127. The number of nitrogens with zero attached hydrogens (tertiary/aromatic N) is 2. The van der Waals surface area contributed by atoms with E-state index in [1.54, 1.807) is 0 Å². The third kappa shape index (κ3) is 8.38. The van der Waals surface area contributed by atoms with Gasteiger partial charge in [-0.25, -0.2) is 4.79 Å². The molecule has 0 saturated carbocycles. The summed E-state index contributed by atoms with van der Waals surface area (Å²) in [5.74, 6) is -0.895.